The van der Waals surface area contributed by atoms with Gasteiger partial charge in [0.2, 0.25) is 0 Å². The van der Waals surface area contributed by atoms with Crippen LogP contribution in [0.15, 0.2) is 18.2 Å². The van der Waals surface area contributed by atoms with Crippen LogP contribution in [0.5, 0.6) is 11.5 Å². The molecule has 2 amide bonds. The fourth-order valence-electron chi connectivity index (χ4n) is 2.18. The Morgan fingerprint density at radius 3 is 2.32 bits per heavy atom. The number of carbonyl (C=O) groups is 1. The number of hydrogen-bond donors (Lipinski definition) is 1. The molecule has 1 aromatic rings. The van der Waals surface area contributed by atoms with E-state index in [1.807, 2.05) is 20.8 Å². The molecule has 1 N–H and O–H groups in total. The van der Waals surface area contributed by atoms with Gasteiger partial charge in [-0.3, -0.25) is 0 Å². The Morgan fingerprint density at radius 2 is 1.82 bits per heavy atom. The van der Waals surface area contributed by atoms with Gasteiger partial charge in [-0.05, 0) is 52.3 Å². The van der Waals surface area contributed by atoms with Crippen LogP contribution < -0.4 is 14.2 Å². The second-order valence-electron chi connectivity index (χ2n) is 7.70. The van der Waals surface area contributed by atoms with Crippen LogP contribution in [0.4, 0.5) is 4.79 Å². The number of nitrogens with one attached hydrogen (secondary N) is 1. The van der Waals surface area contributed by atoms with Crippen molar-refractivity contribution in [3.8, 4) is 11.5 Å². The monoisotopic (exact) mass is 416 g/mol. The summed E-state index contributed by atoms with van der Waals surface area (Å²) in [5.41, 5.74) is 0.317. The third-order valence-electron chi connectivity index (χ3n) is 3.72. The largest absolute Gasteiger partial charge is 0.493 e. The molecule has 0 bridgehead atoms. The van der Waals surface area contributed by atoms with Crippen molar-refractivity contribution in [1.82, 2.24) is 10.2 Å². The normalized spacial score (nSPS) is 12.0. The van der Waals surface area contributed by atoms with Gasteiger partial charge >= 0.3 is 16.1 Å². The average Bonchev–Trinajstić information content (AvgIpc) is 2.56. The van der Waals surface area contributed by atoms with Crippen molar-refractivity contribution in [2.24, 2.45) is 0 Å². The number of ether oxygens (including phenoxy) is 2. The molecule has 0 fully saturated rings. The highest BCUT2D eigenvalue weighted by Gasteiger charge is 2.23. The number of amides is 2. The van der Waals surface area contributed by atoms with Crippen molar-refractivity contribution in [2.75, 3.05) is 27.4 Å². The van der Waals surface area contributed by atoms with E-state index in [9.17, 15) is 13.2 Å². The van der Waals surface area contributed by atoms with Crippen molar-refractivity contribution >= 4 is 16.1 Å². The summed E-state index contributed by atoms with van der Waals surface area (Å²) in [5.74, 6) is 0.396. The molecule has 1 rings (SSSR count). The van der Waals surface area contributed by atoms with E-state index in [4.69, 9.17) is 13.7 Å². The summed E-state index contributed by atoms with van der Waals surface area (Å²) in [6, 6.07) is 4.72. The van der Waals surface area contributed by atoms with Crippen LogP contribution in [0.2, 0.25) is 0 Å². The van der Waals surface area contributed by atoms with Crippen LogP contribution in [0.1, 0.15) is 40.2 Å². The molecule has 1 aromatic carbocycles. The van der Waals surface area contributed by atoms with Gasteiger partial charge in [0.15, 0.2) is 11.5 Å². The van der Waals surface area contributed by atoms with Crippen LogP contribution in [-0.2, 0) is 21.4 Å². The van der Waals surface area contributed by atoms with E-state index in [1.165, 1.54) is 21.0 Å². The van der Waals surface area contributed by atoms with Crippen molar-refractivity contribution in [1.29, 1.82) is 0 Å². The van der Waals surface area contributed by atoms with E-state index in [0.717, 1.165) is 0 Å². The Labute approximate surface area is 168 Å². The van der Waals surface area contributed by atoms with Gasteiger partial charge in [0.05, 0.1) is 19.0 Å². The molecule has 160 valence electrons. The summed E-state index contributed by atoms with van der Waals surface area (Å²) >= 11 is 0. The number of nitrogens with zero attached hydrogens (tertiary/aromatic N) is 1. The van der Waals surface area contributed by atoms with E-state index in [1.54, 1.807) is 30.2 Å². The number of hydrogen-bond acceptors (Lipinski definition) is 6. The highest BCUT2D eigenvalue weighted by Crippen LogP contribution is 2.30. The van der Waals surface area contributed by atoms with Gasteiger partial charge in [0, 0.05) is 25.7 Å². The molecule has 9 heteroatoms. The Kier molecular flexibility index (Phi) is 8.56. The van der Waals surface area contributed by atoms with E-state index in [2.05, 4.69) is 5.32 Å². The lowest BCUT2D eigenvalue weighted by atomic mass is 10.1. The van der Waals surface area contributed by atoms with Gasteiger partial charge in [-0.15, -0.1) is 0 Å². The molecule has 0 saturated heterocycles. The fraction of sp³-hybridized carbons (Fsp3) is 0.632. The SMILES string of the molecule is COCCN(Cc1ccc(OC)c(OS(=O)(=O)C(C)C)c1)C(=O)NC(C)(C)C. The van der Waals surface area contributed by atoms with Gasteiger partial charge < -0.3 is 23.9 Å². The van der Waals surface area contributed by atoms with E-state index >= 15 is 0 Å². The topological polar surface area (TPSA) is 94.2 Å². The molecule has 0 atom stereocenters. The van der Waals surface area contributed by atoms with E-state index < -0.39 is 15.4 Å². The predicted molar refractivity (Wildman–Crippen MR) is 108 cm³/mol. The Morgan fingerprint density at radius 1 is 1.18 bits per heavy atom. The molecule has 0 radical (unpaired) electrons. The summed E-state index contributed by atoms with van der Waals surface area (Å²) in [5, 5.41) is 2.22. The zero-order chi connectivity index (χ0) is 21.5. The fourth-order valence-corrected chi connectivity index (χ4v) is 2.75. The van der Waals surface area contributed by atoms with E-state index in [0.29, 0.717) is 24.5 Å². The van der Waals surface area contributed by atoms with Crippen LogP contribution in [-0.4, -0.2) is 57.5 Å². The number of rotatable bonds is 9. The first kappa shape index (κ1) is 24.0. The summed E-state index contributed by atoms with van der Waals surface area (Å²) in [6.45, 7) is 9.78. The molecule has 28 heavy (non-hydrogen) atoms. The Hall–Kier alpha value is -2.00. The smallest absolute Gasteiger partial charge is 0.318 e. The number of methoxy groups -OCH3 is 2. The lowest BCUT2D eigenvalue weighted by molar-refractivity contribution is 0.142. The molecule has 0 aromatic heterocycles. The maximum Gasteiger partial charge on any atom is 0.318 e. The molecule has 0 spiro atoms. The number of urea groups is 1. The van der Waals surface area contributed by atoms with Crippen LogP contribution in [0.25, 0.3) is 0 Å². The molecule has 0 saturated carbocycles. The van der Waals surface area contributed by atoms with Crippen molar-refractivity contribution < 1.29 is 26.9 Å². The number of benzene rings is 1. The Bertz CT molecular complexity index is 756. The molecule has 0 unspecified atom stereocenters. The minimum Gasteiger partial charge on any atom is -0.493 e. The first-order chi connectivity index (χ1) is 12.9. The summed E-state index contributed by atoms with van der Waals surface area (Å²) in [7, 11) is -0.775. The van der Waals surface area contributed by atoms with Gasteiger partial charge in [0.25, 0.3) is 0 Å². The van der Waals surface area contributed by atoms with Crippen LogP contribution >= 0.6 is 0 Å². The minimum atomic E-state index is -3.78. The van der Waals surface area contributed by atoms with Gasteiger partial charge in [-0.25, -0.2) is 4.79 Å². The molecule has 8 nitrogen and oxygen atoms in total. The number of carbonyl (C=O) groups excluding carboxylic acids is 1. The maximum absolute atomic E-state index is 12.6. The lowest BCUT2D eigenvalue weighted by Crippen LogP contribution is -2.49. The van der Waals surface area contributed by atoms with Gasteiger partial charge in [-0.2, -0.15) is 8.42 Å². The van der Waals surface area contributed by atoms with Crippen LogP contribution in [0.3, 0.4) is 0 Å². The first-order valence-corrected chi connectivity index (χ1v) is 10.5. The highest BCUT2D eigenvalue weighted by molar-refractivity contribution is 7.87. The minimum absolute atomic E-state index is 0.0941. The first-order valence-electron chi connectivity index (χ1n) is 9.06. The van der Waals surface area contributed by atoms with Crippen molar-refractivity contribution in [3.05, 3.63) is 23.8 Å². The maximum atomic E-state index is 12.6. The summed E-state index contributed by atoms with van der Waals surface area (Å²) < 4.78 is 39.8. The summed E-state index contributed by atoms with van der Waals surface area (Å²) in [4.78, 5) is 14.2. The third kappa shape index (κ3) is 7.55. The predicted octanol–water partition coefficient (Wildman–Crippen LogP) is 2.77. The quantitative estimate of drug-likeness (QED) is 0.622. The molecular formula is C19H32N2O6S. The Balaban J connectivity index is 3.12. The molecule has 0 aliphatic rings. The van der Waals surface area contributed by atoms with Gasteiger partial charge in [0.1, 0.15) is 0 Å². The van der Waals surface area contributed by atoms with Crippen LogP contribution in [0, 0.1) is 0 Å². The zero-order valence-corrected chi connectivity index (χ0v) is 18.6. The lowest BCUT2D eigenvalue weighted by Gasteiger charge is -2.28. The zero-order valence-electron chi connectivity index (χ0n) is 17.7. The van der Waals surface area contributed by atoms with E-state index in [-0.39, 0.29) is 23.9 Å². The van der Waals surface area contributed by atoms with Crippen molar-refractivity contribution in [2.45, 2.75) is 52.0 Å². The summed E-state index contributed by atoms with van der Waals surface area (Å²) in [6.07, 6.45) is 0. The molecule has 0 aliphatic carbocycles. The average molecular weight is 417 g/mol. The second kappa shape index (κ2) is 9.97. The second-order valence-corrected chi connectivity index (χ2v) is 9.80. The van der Waals surface area contributed by atoms with Gasteiger partial charge in [-0.1, -0.05) is 6.07 Å². The molecular weight excluding hydrogens is 384 g/mol. The van der Waals surface area contributed by atoms with Crippen molar-refractivity contribution in [3.63, 3.8) is 0 Å². The molecule has 0 heterocycles. The highest BCUT2D eigenvalue weighted by atomic mass is 32.2. The standard InChI is InChI=1S/C19H32N2O6S/c1-14(2)28(23,24)27-17-12-15(8-9-16(17)26-7)13-21(10-11-25-6)18(22)20-19(3,4)5/h8-9,12,14H,10-11,13H2,1-7H3,(H,20,22). The third-order valence-corrected chi connectivity index (χ3v) is 5.29. The molecule has 0 aliphatic heterocycles.